The first kappa shape index (κ1) is 28.2. The summed E-state index contributed by atoms with van der Waals surface area (Å²) >= 11 is 5.88. The second kappa shape index (κ2) is 13.7. The molecule has 3 aromatic rings. The molecule has 8 nitrogen and oxygen atoms in total. The minimum absolute atomic E-state index is 0.00779. The molecule has 1 amide bonds. The third kappa shape index (κ3) is 7.71. The van der Waals surface area contributed by atoms with E-state index in [4.69, 9.17) is 25.9 Å². The highest BCUT2D eigenvalue weighted by atomic mass is 35.5. The Hall–Kier alpha value is -3.08. The van der Waals surface area contributed by atoms with Gasteiger partial charge in [-0.05, 0) is 25.7 Å². The summed E-state index contributed by atoms with van der Waals surface area (Å²) < 4.78 is 51.5. The molecule has 1 aliphatic rings. The smallest absolute Gasteiger partial charge is 0.272 e. The van der Waals surface area contributed by atoms with Gasteiger partial charge >= 0.3 is 0 Å². The maximum atomic E-state index is 13.8. The van der Waals surface area contributed by atoms with Crippen LogP contribution in [0.4, 0.5) is 13.2 Å². The van der Waals surface area contributed by atoms with Gasteiger partial charge in [-0.15, -0.1) is 0 Å². The van der Waals surface area contributed by atoms with Gasteiger partial charge in [-0.2, -0.15) is 0 Å². The monoisotopic (exact) mass is 515 g/mol. The van der Waals surface area contributed by atoms with Gasteiger partial charge in [-0.3, -0.25) is 4.79 Å². The Morgan fingerprint density at radius 3 is 2.63 bits per heavy atom. The topological polar surface area (TPSA) is 105 Å². The molecule has 0 bridgehead atoms. The third-order valence-corrected chi connectivity index (χ3v) is 5.31. The fourth-order valence-corrected chi connectivity index (χ4v) is 3.87. The summed E-state index contributed by atoms with van der Waals surface area (Å²) in [6.45, 7) is 3.19. The first-order valence-corrected chi connectivity index (χ1v) is 11.6. The molecule has 12 heteroatoms. The zero-order valence-electron chi connectivity index (χ0n) is 19.8. The van der Waals surface area contributed by atoms with Gasteiger partial charge in [-0.25, -0.2) is 28.1 Å². The van der Waals surface area contributed by atoms with Gasteiger partial charge in [-0.1, -0.05) is 25.4 Å². The fraction of sp³-hybridized carbons (Fsp3) is 0.478. The predicted molar refractivity (Wildman–Crippen MR) is 127 cm³/mol. The van der Waals surface area contributed by atoms with Crippen LogP contribution in [0, 0.1) is 0 Å². The predicted octanol–water partition coefficient (Wildman–Crippen LogP) is 5.58. The summed E-state index contributed by atoms with van der Waals surface area (Å²) in [7, 11) is 1.87. The van der Waals surface area contributed by atoms with Crippen molar-refractivity contribution in [1.29, 1.82) is 0 Å². The first-order valence-electron chi connectivity index (χ1n) is 11.2. The third-order valence-electron chi connectivity index (χ3n) is 5.10. The fourth-order valence-electron chi connectivity index (χ4n) is 3.72. The lowest BCUT2D eigenvalue weighted by Gasteiger charge is -2.24. The molecule has 0 radical (unpaired) electrons. The number of hydrogen-bond donors (Lipinski definition) is 1. The lowest BCUT2D eigenvalue weighted by molar-refractivity contribution is -0.106. The van der Waals surface area contributed by atoms with Crippen LogP contribution in [0.25, 0.3) is 11.0 Å². The highest BCUT2D eigenvalue weighted by Gasteiger charge is 2.27. The minimum atomic E-state index is -2.65. The number of aromatic nitrogens is 4. The zero-order chi connectivity index (χ0) is 26.0. The molecule has 2 unspecified atom stereocenters. The molecule has 2 atom stereocenters. The van der Waals surface area contributed by atoms with Gasteiger partial charge in [0.1, 0.15) is 24.1 Å². The van der Waals surface area contributed by atoms with Crippen molar-refractivity contribution in [3.8, 4) is 17.5 Å². The van der Waals surface area contributed by atoms with Crippen LogP contribution in [-0.4, -0.2) is 45.1 Å². The molecule has 192 valence electrons. The molecule has 0 aliphatic heterocycles. The number of halogens is 4. The number of nitrogens with zero attached hydrogens (tertiary/aromatic N) is 4. The molecule has 0 spiro atoms. The number of fused-ring (bicyclic) bond motifs is 1. The molecule has 1 saturated carbocycles. The normalized spacial score (nSPS) is 17.1. The molecule has 3 heterocycles. The quantitative estimate of drug-likeness (QED) is 0.430. The summed E-state index contributed by atoms with van der Waals surface area (Å²) in [6, 6.07) is 3.03. The van der Waals surface area contributed by atoms with Crippen LogP contribution in [0.15, 0.2) is 24.5 Å². The van der Waals surface area contributed by atoms with E-state index in [1.54, 1.807) is 12.3 Å². The summed E-state index contributed by atoms with van der Waals surface area (Å²) in [5.74, 6) is 1.04. The van der Waals surface area contributed by atoms with Gasteiger partial charge in [0.05, 0.1) is 16.7 Å². The molecule has 0 saturated heterocycles. The SMILES string of the molecule is CC.Cn1c(C2CCCC(F)C2)nc2cnc(Oc3ncc(Cl)cc3OCC(F)F)cc21.NC=O. The number of rotatable bonds is 6. The molecule has 2 N–H and O–H groups in total. The van der Waals surface area contributed by atoms with Crippen molar-refractivity contribution >= 4 is 29.0 Å². The summed E-state index contributed by atoms with van der Waals surface area (Å²) in [5.41, 5.74) is 5.60. The number of pyridine rings is 2. The maximum absolute atomic E-state index is 13.8. The maximum Gasteiger partial charge on any atom is 0.272 e. The van der Waals surface area contributed by atoms with Gasteiger partial charge in [0.25, 0.3) is 12.3 Å². The lowest BCUT2D eigenvalue weighted by atomic mass is 9.87. The number of ether oxygens (including phenoxy) is 2. The Labute approximate surface area is 206 Å². The van der Waals surface area contributed by atoms with E-state index in [0.29, 0.717) is 18.4 Å². The van der Waals surface area contributed by atoms with Crippen molar-refractivity contribution in [2.45, 2.75) is 58.0 Å². The second-order valence-corrected chi connectivity index (χ2v) is 7.83. The highest BCUT2D eigenvalue weighted by Crippen LogP contribution is 2.36. The molecular weight excluding hydrogens is 487 g/mol. The Bertz CT molecular complexity index is 1100. The van der Waals surface area contributed by atoms with Gasteiger partial charge in [0.2, 0.25) is 12.3 Å². The van der Waals surface area contributed by atoms with E-state index in [1.165, 1.54) is 12.3 Å². The van der Waals surface area contributed by atoms with Crippen LogP contribution in [-0.2, 0) is 11.8 Å². The standard InChI is InChI=1S/C20H20ClF3N4O2.C2H6.CH3NO/c1-28-15-7-18(30-20-16(29-10-17(23)24)6-12(21)8-26-20)25-9-14(15)27-19(28)11-3-2-4-13(22)5-11;1-2;2-1-3/h6-9,11,13,17H,2-5,10H2,1H3;1-2H3;1H,(H2,2,3). The van der Waals surface area contributed by atoms with Gasteiger partial charge in [0.15, 0.2) is 5.75 Å². The van der Waals surface area contributed by atoms with E-state index in [2.05, 4.69) is 20.7 Å². The average Bonchev–Trinajstić information content (AvgIpc) is 3.17. The number of aryl methyl sites for hydroxylation is 1. The number of nitrogens with two attached hydrogens (primary N) is 1. The lowest BCUT2D eigenvalue weighted by Crippen LogP contribution is -2.17. The Kier molecular flexibility index (Phi) is 11.0. The van der Waals surface area contributed by atoms with Crippen molar-refractivity contribution in [3.63, 3.8) is 0 Å². The Balaban J connectivity index is 0.000000803. The van der Waals surface area contributed by atoms with Gasteiger partial charge < -0.3 is 19.8 Å². The second-order valence-electron chi connectivity index (χ2n) is 7.40. The van der Waals surface area contributed by atoms with E-state index in [1.807, 2.05) is 25.5 Å². The highest BCUT2D eigenvalue weighted by molar-refractivity contribution is 6.30. The van der Waals surface area contributed by atoms with E-state index in [0.717, 1.165) is 24.2 Å². The van der Waals surface area contributed by atoms with Gasteiger partial charge in [0, 0.05) is 31.3 Å². The van der Waals surface area contributed by atoms with Crippen molar-refractivity contribution in [2.24, 2.45) is 12.8 Å². The number of imidazole rings is 1. The Morgan fingerprint density at radius 2 is 1.97 bits per heavy atom. The largest absolute Gasteiger partial charge is 0.482 e. The van der Waals surface area contributed by atoms with Crippen LogP contribution in [0.5, 0.6) is 17.5 Å². The first-order chi connectivity index (χ1) is 16.8. The molecule has 1 aliphatic carbocycles. The van der Waals surface area contributed by atoms with E-state index < -0.39 is 19.2 Å². The number of primary amides is 1. The molecule has 4 rings (SSSR count). The minimum Gasteiger partial charge on any atom is -0.482 e. The molecule has 3 aromatic heterocycles. The van der Waals surface area contributed by atoms with Crippen LogP contribution in [0.1, 0.15) is 51.3 Å². The summed E-state index contributed by atoms with van der Waals surface area (Å²) in [6.07, 6.45) is 2.48. The van der Waals surface area contributed by atoms with Crippen LogP contribution in [0.3, 0.4) is 0 Å². The Morgan fingerprint density at radius 1 is 1.26 bits per heavy atom. The number of amides is 1. The van der Waals surface area contributed by atoms with Crippen molar-refractivity contribution in [1.82, 2.24) is 19.5 Å². The number of alkyl halides is 3. The summed E-state index contributed by atoms with van der Waals surface area (Å²) in [5, 5.41) is 0.227. The average molecular weight is 516 g/mol. The zero-order valence-corrected chi connectivity index (χ0v) is 20.5. The molecule has 35 heavy (non-hydrogen) atoms. The molecule has 1 fully saturated rings. The van der Waals surface area contributed by atoms with Crippen molar-refractivity contribution in [3.05, 3.63) is 35.4 Å². The summed E-state index contributed by atoms with van der Waals surface area (Å²) in [4.78, 5) is 21.5. The number of carbonyl (C=O) groups excluding carboxylic acids is 1. The van der Waals surface area contributed by atoms with Crippen LogP contribution >= 0.6 is 11.6 Å². The number of carbonyl (C=O) groups is 1. The van der Waals surface area contributed by atoms with Crippen LogP contribution < -0.4 is 15.2 Å². The van der Waals surface area contributed by atoms with Crippen LogP contribution in [0.2, 0.25) is 5.02 Å². The van der Waals surface area contributed by atoms with Crippen molar-refractivity contribution < 1.29 is 27.4 Å². The molecular formula is C23H29ClF3N5O3. The van der Waals surface area contributed by atoms with E-state index in [9.17, 15) is 13.2 Å². The van der Waals surface area contributed by atoms with E-state index in [-0.39, 0.29) is 34.9 Å². The van der Waals surface area contributed by atoms with E-state index >= 15 is 0 Å². The van der Waals surface area contributed by atoms with Crippen molar-refractivity contribution in [2.75, 3.05) is 6.61 Å². The molecule has 0 aromatic carbocycles. The number of hydrogen-bond acceptors (Lipinski definition) is 6.